The van der Waals surface area contributed by atoms with E-state index in [2.05, 4.69) is 69.8 Å². The van der Waals surface area contributed by atoms with Crippen molar-refractivity contribution in [1.82, 2.24) is 15.1 Å². The van der Waals surface area contributed by atoms with Crippen molar-refractivity contribution in [3.05, 3.63) is 17.5 Å². The smallest absolute Gasteiger partial charge is 0.0624 e. The first-order chi connectivity index (χ1) is 9.28. The van der Waals surface area contributed by atoms with Crippen LogP contribution in [0.2, 0.25) is 0 Å². The highest BCUT2D eigenvalue weighted by Crippen LogP contribution is 2.31. The number of aromatic nitrogens is 2. The van der Waals surface area contributed by atoms with Gasteiger partial charge in [-0.3, -0.25) is 4.68 Å². The van der Waals surface area contributed by atoms with Gasteiger partial charge in [0.15, 0.2) is 0 Å². The predicted octanol–water partition coefficient (Wildman–Crippen LogP) is 3.43. The Morgan fingerprint density at radius 1 is 1.30 bits per heavy atom. The minimum atomic E-state index is 0.272. The lowest BCUT2D eigenvalue weighted by molar-refractivity contribution is 0.201. The van der Waals surface area contributed by atoms with E-state index >= 15 is 0 Å². The predicted molar refractivity (Wildman–Crippen MR) is 86.9 cm³/mol. The van der Waals surface area contributed by atoms with Crippen LogP contribution >= 0.6 is 0 Å². The summed E-state index contributed by atoms with van der Waals surface area (Å²) in [5, 5.41) is 8.21. The summed E-state index contributed by atoms with van der Waals surface area (Å²) in [5.41, 5.74) is 2.82. The lowest BCUT2D eigenvalue weighted by atomic mass is 9.75. The van der Waals surface area contributed by atoms with Gasteiger partial charge in [-0.15, -0.1) is 0 Å². The number of rotatable bonds is 8. The van der Waals surface area contributed by atoms with Crippen LogP contribution in [0.15, 0.2) is 6.07 Å². The van der Waals surface area contributed by atoms with Gasteiger partial charge in [0.1, 0.15) is 0 Å². The van der Waals surface area contributed by atoms with Crippen LogP contribution in [0, 0.1) is 17.3 Å². The monoisotopic (exact) mass is 279 g/mol. The van der Waals surface area contributed by atoms with E-state index in [9.17, 15) is 0 Å². The maximum Gasteiger partial charge on any atom is 0.0624 e. The summed E-state index contributed by atoms with van der Waals surface area (Å²) >= 11 is 0. The van der Waals surface area contributed by atoms with Crippen molar-refractivity contribution in [3.63, 3.8) is 0 Å². The van der Waals surface area contributed by atoms with Crippen molar-refractivity contribution >= 4 is 0 Å². The Bertz CT molecular complexity index is 406. The highest BCUT2D eigenvalue weighted by atomic mass is 15.3. The molecule has 0 aliphatic carbocycles. The molecule has 0 fully saturated rings. The highest BCUT2D eigenvalue weighted by Gasteiger charge is 2.29. The maximum absolute atomic E-state index is 4.58. The fourth-order valence-corrected chi connectivity index (χ4v) is 2.44. The molecule has 1 rings (SSSR count). The van der Waals surface area contributed by atoms with E-state index < -0.39 is 0 Å². The molecule has 1 atom stereocenters. The van der Waals surface area contributed by atoms with Crippen molar-refractivity contribution in [2.24, 2.45) is 24.3 Å². The van der Waals surface area contributed by atoms with E-state index in [4.69, 9.17) is 0 Å². The zero-order valence-electron chi connectivity index (χ0n) is 14.5. The average molecular weight is 279 g/mol. The molecule has 1 unspecified atom stereocenters. The number of hydrogen-bond donors (Lipinski definition) is 1. The zero-order valence-corrected chi connectivity index (χ0v) is 14.5. The van der Waals surface area contributed by atoms with Crippen molar-refractivity contribution in [3.8, 4) is 0 Å². The first-order valence-electron chi connectivity index (χ1n) is 8.01. The van der Waals surface area contributed by atoms with Gasteiger partial charge >= 0.3 is 0 Å². The molecule has 0 saturated carbocycles. The quantitative estimate of drug-likeness (QED) is 0.790. The van der Waals surface area contributed by atoms with E-state index in [1.54, 1.807) is 0 Å². The van der Waals surface area contributed by atoms with E-state index in [1.807, 2.05) is 0 Å². The van der Waals surface area contributed by atoms with Crippen LogP contribution in [0.3, 0.4) is 0 Å². The number of nitrogens with one attached hydrogen (secondary N) is 1. The second-order valence-electron chi connectivity index (χ2n) is 7.11. The first kappa shape index (κ1) is 17.2. The summed E-state index contributed by atoms with van der Waals surface area (Å²) in [4.78, 5) is 0. The van der Waals surface area contributed by atoms with Gasteiger partial charge in [0.25, 0.3) is 0 Å². The van der Waals surface area contributed by atoms with Crippen molar-refractivity contribution in [1.29, 1.82) is 0 Å². The van der Waals surface area contributed by atoms with Crippen LogP contribution in [0.25, 0.3) is 0 Å². The summed E-state index contributed by atoms with van der Waals surface area (Å²) < 4.78 is 2.06. The Kier molecular flexibility index (Phi) is 6.25. The fourth-order valence-electron chi connectivity index (χ4n) is 2.44. The SMILES string of the molecule is CCc1cc(CC(C)(CNCC(C)C)C(C)C)n(C)n1. The molecule has 1 heterocycles. The molecule has 1 aromatic rings. The lowest BCUT2D eigenvalue weighted by Crippen LogP contribution is -2.39. The van der Waals surface area contributed by atoms with Gasteiger partial charge in [0.2, 0.25) is 0 Å². The second kappa shape index (κ2) is 7.26. The summed E-state index contributed by atoms with van der Waals surface area (Å²) in [6, 6.07) is 2.27. The topological polar surface area (TPSA) is 29.9 Å². The molecular formula is C17H33N3. The van der Waals surface area contributed by atoms with Gasteiger partial charge in [0, 0.05) is 19.3 Å². The summed E-state index contributed by atoms with van der Waals surface area (Å²) in [5.74, 6) is 1.34. The molecule has 0 aromatic carbocycles. The summed E-state index contributed by atoms with van der Waals surface area (Å²) in [6.45, 7) is 15.9. The molecule has 0 radical (unpaired) electrons. The lowest BCUT2D eigenvalue weighted by Gasteiger charge is -2.34. The van der Waals surface area contributed by atoms with Crippen LogP contribution in [0.5, 0.6) is 0 Å². The Balaban J connectivity index is 2.76. The molecular weight excluding hydrogens is 246 g/mol. The van der Waals surface area contributed by atoms with Crippen LogP contribution in [-0.4, -0.2) is 22.9 Å². The van der Waals surface area contributed by atoms with Gasteiger partial charge in [-0.1, -0.05) is 41.5 Å². The highest BCUT2D eigenvalue weighted by molar-refractivity contribution is 5.12. The minimum Gasteiger partial charge on any atom is -0.316 e. The van der Waals surface area contributed by atoms with E-state index in [1.165, 1.54) is 11.4 Å². The van der Waals surface area contributed by atoms with E-state index in [0.717, 1.165) is 25.9 Å². The Morgan fingerprint density at radius 2 is 1.95 bits per heavy atom. The number of nitrogens with zero attached hydrogens (tertiary/aromatic N) is 2. The fraction of sp³-hybridized carbons (Fsp3) is 0.824. The number of hydrogen-bond acceptors (Lipinski definition) is 2. The van der Waals surface area contributed by atoms with Crippen LogP contribution in [-0.2, 0) is 19.9 Å². The third-order valence-corrected chi connectivity index (χ3v) is 4.45. The Morgan fingerprint density at radius 3 is 2.40 bits per heavy atom. The van der Waals surface area contributed by atoms with Gasteiger partial charge in [-0.2, -0.15) is 5.10 Å². The normalized spacial score (nSPS) is 15.1. The third kappa shape index (κ3) is 4.62. The molecule has 3 nitrogen and oxygen atoms in total. The van der Waals surface area contributed by atoms with Gasteiger partial charge in [-0.05, 0) is 42.7 Å². The standard InChI is InChI=1S/C17H33N3/c1-8-15-9-16(20(7)19-15)10-17(6,14(4)5)12-18-11-13(2)3/h9,13-14,18H,8,10-12H2,1-7H3. The molecule has 0 bridgehead atoms. The van der Waals surface area contributed by atoms with E-state index in [-0.39, 0.29) is 5.41 Å². The molecule has 0 amide bonds. The molecule has 0 aliphatic heterocycles. The molecule has 0 spiro atoms. The van der Waals surface area contributed by atoms with E-state index in [0.29, 0.717) is 11.8 Å². The Labute approximate surface area is 125 Å². The number of aryl methyl sites for hydroxylation is 2. The molecule has 1 aromatic heterocycles. The van der Waals surface area contributed by atoms with Crippen molar-refractivity contribution < 1.29 is 0 Å². The zero-order chi connectivity index (χ0) is 15.3. The molecule has 20 heavy (non-hydrogen) atoms. The molecule has 0 saturated heterocycles. The third-order valence-electron chi connectivity index (χ3n) is 4.45. The maximum atomic E-state index is 4.58. The van der Waals surface area contributed by atoms with Gasteiger partial charge in [-0.25, -0.2) is 0 Å². The molecule has 3 heteroatoms. The molecule has 116 valence electrons. The van der Waals surface area contributed by atoms with Gasteiger partial charge in [0.05, 0.1) is 5.69 Å². The van der Waals surface area contributed by atoms with Crippen LogP contribution < -0.4 is 5.32 Å². The minimum absolute atomic E-state index is 0.272. The van der Waals surface area contributed by atoms with Crippen molar-refractivity contribution in [2.45, 2.75) is 54.4 Å². The summed E-state index contributed by atoms with van der Waals surface area (Å²) in [6.07, 6.45) is 2.09. The van der Waals surface area contributed by atoms with Gasteiger partial charge < -0.3 is 5.32 Å². The largest absolute Gasteiger partial charge is 0.316 e. The average Bonchev–Trinajstić information content (AvgIpc) is 2.69. The molecule has 0 aliphatic rings. The van der Waals surface area contributed by atoms with Crippen LogP contribution in [0.4, 0.5) is 0 Å². The molecule has 1 N–H and O–H groups in total. The van der Waals surface area contributed by atoms with Crippen molar-refractivity contribution in [2.75, 3.05) is 13.1 Å². The second-order valence-corrected chi connectivity index (χ2v) is 7.11. The first-order valence-corrected chi connectivity index (χ1v) is 8.01. The summed E-state index contributed by atoms with van der Waals surface area (Å²) in [7, 11) is 2.07. The Hall–Kier alpha value is -0.830. The van der Waals surface area contributed by atoms with Crippen LogP contribution in [0.1, 0.15) is 52.9 Å².